The molecule has 1 aliphatic heterocycles. The Balaban J connectivity index is 1.59. The van der Waals surface area contributed by atoms with Gasteiger partial charge in [0.05, 0.1) is 5.39 Å². The highest BCUT2D eigenvalue weighted by Crippen LogP contribution is 2.41. The van der Waals surface area contributed by atoms with Gasteiger partial charge in [-0.2, -0.15) is 4.98 Å². The summed E-state index contributed by atoms with van der Waals surface area (Å²) in [6.45, 7) is 2.70. The second-order valence-corrected chi connectivity index (χ2v) is 7.99. The summed E-state index contributed by atoms with van der Waals surface area (Å²) in [6, 6.07) is 12.2. The number of aromatic nitrogens is 4. The number of rotatable bonds is 4. The minimum absolute atomic E-state index is 0.0993. The number of thiophene rings is 1. The van der Waals surface area contributed by atoms with Crippen molar-refractivity contribution in [2.24, 2.45) is 5.73 Å². The lowest BCUT2D eigenvalue weighted by Gasteiger charge is -2.23. The zero-order valence-corrected chi connectivity index (χ0v) is 16.5. The molecule has 1 saturated heterocycles. The van der Waals surface area contributed by atoms with Crippen LogP contribution in [0, 0.1) is 6.92 Å². The fraction of sp³-hybridized carbons (Fsp3) is 0.250. The molecular weight excluding hydrogens is 388 g/mol. The van der Waals surface area contributed by atoms with E-state index in [1.807, 2.05) is 25.1 Å². The Hall–Kier alpha value is -3.33. The van der Waals surface area contributed by atoms with Gasteiger partial charge in [-0.3, -0.25) is 4.79 Å². The molecule has 2 N–H and O–H groups in total. The van der Waals surface area contributed by atoms with Crippen LogP contribution in [0.3, 0.4) is 0 Å². The molecule has 0 saturated carbocycles. The maximum absolute atomic E-state index is 11.3. The zero-order valence-electron chi connectivity index (χ0n) is 15.7. The number of anilines is 1. The van der Waals surface area contributed by atoms with Crippen LogP contribution in [-0.2, 0) is 0 Å². The third-order valence-corrected chi connectivity index (χ3v) is 6.09. The fourth-order valence-corrected chi connectivity index (χ4v) is 4.80. The van der Waals surface area contributed by atoms with Gasteiger partial charge < -0.3 is 15.2 Å². The number of amides is 1. The summed E-state index contributed by atoms with van der Waals surface area (Å²) in [5.74, 6) is 1.15. The Morgan fingerprint density at radius 3 is 2.83 bits per heavy atom. The molecule has 1 atom stereocenters. The number of primary amides is 1. The van der Waals surface area contributed by atoms with Gasteiger partial charge in [0.15, 0.2) is 0 Å². The minimum atomic E-state index is -0.699. The van der Waals surface area contributed by atoms with Gasteiger partial charge >= 0.3 is 0 Å². The summed E-state index contributed by atoms with van der Waals surface area (Å²) in [5, 5.41) is 4.69. The maximum Gasteiger partial charge on any atom is 0.290 e. The second kappa shape index (κ2) is 6.93. The van der Waals surface area contributed by atoms with E-state index in [0.29, 0.717) is 11.7 Å². The third-order valence-electron chi connectivity index (χ3n) is 5.01. The van der Waals surface area contributed by atoms with Crippen molar-refractivity contribution in [1.82, 2.24) is 20.1 Å². The number of fused-ring (bicyclic) bond motifs is 1. The van der Waals surface area contributed by atoms with Crippen LogP contribution in [0.4, 0.5) is 5.82 Å². The Bertz CT molecular complexity index is 1200. The largest absolute Gasteiger partial charge is 0.363 e. The molecule has 4 heterocycles. The molecule has 0 radical (unpaired) electrons. The molecule has 1 aliphatic rings. The van der Waals surface area contributed by atoms with Gasteiger partial charge in [-0.25, -0.2) is 9.97 Å². The van der Waals surface area contributed by atoms with E-state index in [1.165, 1.54) is 0 Å². The highest BCUT2D eigenvalue weighted by molar-refractivity contribution is 7.21. The van der Waals surface area contributed by atoms with Gasteiger partial charge in [-0.05, 0) is 31.4 Å². The first-order chi connectivity index (χ1) is 14.1. The number of nitrogens with two attached hydrogens (primary N) is 1. The molecule has 4 aromatic rings. The van der Waals surface area contributed by atoms with E-state index in [1.54, 1.807) is 11.3 Å². The maximum atomic E-state index is 11.3. The van der Waals surface area contributed by atoms with Crippen molar-refractivity contribution >= 4 is 33.3 Å². The van der Waals surface area contributed by atoms with Gasteiger partial charge in [-0.1, -0.05) is 35.5 Å². The van der Waals surface area contributed by atoms with Gasteiger partial charge in [0.2, 0.25) is 5.89 Å². The smallest absolute Gasteiger partial charge is 0.290 e. The Labute approximate surface area is 170 Å². The van der Waals surface area contributed by atoms with Crippen LogP contribution in [-0.4, -0.2) is 32.6 Å². The fourth-order valence-electron chi connectivity index (χ4n) is 3.72. The molecule has 1 aromatic carbocycles. The molecular formula is C20H18N6O2S. The van der Waals surface area contributed by atoms with E-state index >= 15 is 0 Å². The van der Waals surface area contributed by atoms with Crippen molar-refractivity contribution < 1.29 is 9.32 Å². The Kier molecular flexibility index (Phi) is 4.24. The molecule has 0 aliphatic carbocycles. The van der Waals surface area contributed by atoms with Gasteiger partial charge in [0.1, 0.15) is 22.5 Å². The number of carbonyl (C=O) groups is 1. The molecule has 5 rings (SSSR count). The number of hydrogen-bond donors (Lipinski definition) is 1. The summed E-state index contributed by atoms with van der Waals surface area (Å²) in [6.07, 6.45) is 1.79. The highest BCUT2D eigenvalue weighted by Gasteiger charge is 2.33. The Morgan fingerprint density at radius 1 is 1.24 bits per heavy atom. The molecule has 8 nitrogen and oxygen atoms in total. The predicted octanol–water partition coefficient (Wildman–Crippen LogP) is 3.49. The van der Waals surface area contributed by atoms with Gasteiger partial charge in [-0.15, -0.1) is 11.3 Å². The van der Waals surface area contributed by atoms with E-state index < -0.39 is 5.91 Å². The summed E-state index contributed by atoms with van der Waals surface area (Å²) in [4.78, 5) is 29.2. The van der Waals surface area contributed by atoms with Gasteiger partial charge in [0.25, 0.3) is 11.7 Å². The number of benzene rings is 1. The van der Waals surface area contributed by atoms with E-state index in [9.17, 15) is 4.79 Å². The normalized spacial score (nSPS) is 16.6. The first-order valence-corrected chi connectivity index (χ1v) is 10.2. The molecule has 0 bridgehead atoms. The standard InChI is InChI=1S/C20H18N6O2S/c1-11-22-18(13-10-15(29-20(13)23-11)12-6-3-2-4-7-12)26-9-5-8-14(26)19-24-17(16(21)27)25-28-19/h2-4,6-7,10,14H,5,8-9H2,1H3,(H2,21,27). The summed E-state index contributed by atoms with van der Waals surface area (Å²) >= 11 is 1.65. The molecule has 1 fully saturated rings. The number of nitrogens with zero attached hydrogens (tertiary/aromatic N) is 5. The second-order valence-electron chi connectivity index (χ2n) is 6.96. The molecule has 1 unspecified atom stereocenters. The van der Waals surface area contributed by atoms with E-state index in [4.69, 9.17) is 15.2 Å². The molecule has 0 spiro atoms. The quantitative estimate of drug-likeness (QED) is 0.552. The van der Waals surface area contributed by atoms with Crippen LogP contribution in [0.25, 0.3) is 20.7 Å². The third kappa shape index (κ3) is 3.13. The summed E-state index contributed by atoms with van der Waals surface area (Å²) in [7, 11) is 0. The number of carbonyl (C=O) groups excluding carboxylic acids is 1. The van der Waals surface area contributed by atoms with Crippen molar-refractivity contribution in [3.63, 3.8) is 0 Å². The van der Waals surface area contributed by atoms with Crippen LogP contribution in [0.2, 0.25) is 0 Å². The van der Waals surface area contributed by atoms with Crippen LogP contribution in [0.5, 0.6) is 0 Å². The topological polar surface area (TPSA) is 111 Å². The van der Waals surface area contributed by atoms with E-state index in [0.717, 1.165) is 45.9 Å². The molecule has 29 heavy (non-hydrogen) atoms. The zero-order chi connectivity index (χ0) is 20.0. The Morgan fingerprint density at radius 2 is 2.07 bits per heavy atom. The lowest BCUT2D eigenvalue weighted by atomic mass is 10.1. The van der Waals surface area contributed by atoms with Crippen LogP contribution in [0.15, 0.2) is 40.9 Å². The van der Waals surface area contributed by atoms with E-state index in [-0.39, 0.29) is 11.9 Å². The average molecular weight is 406 g/mol. The molecule has 9 heteroatoms. The van der Waals surface area contributed by atoms with Crippen molar-refractivity contribution in [2.75, 3.05) is 11.4 Å². The van der Waals surface area contributed by atoms with Crippen molar-refractivity contribution in [1.29, 1.82) is 0 Å². The first kappa shape index (κ1) is 17.7. The van der Waals surface area contributed by atoms with Crippen molar-refractivity contribution in [2.45, 2.75) is 25.8 Å². The number of aryl methyl sites for hydroxylation is 1. The van der Waals surface area contributed by atoms with Crippen LogP contribution in [0.1, 0.15) is 41.2 Å². The first-order valence-electron chi connectivity index (χ1n) is 9.34. The molecule has 3 aromatic heterocycles. The van der Waals surface area contributed by atoms with Crippen LogP contribution < -0.4 is 10.6 Å². The van der Waals surface area contributed by atoms with Crippen molar-refractivity contribution in [3.8, 4) is 10.4 Å². The van der Waals surface area contributed by atoms with E-state index in [2.05, 4.69) is 38.2 Å². The lowest BCUT2D eigenvalue weighted by molar-refractivity contribution is 0.0987. The molecule has 146 valence electrons. The summed E-state index contributed by atoms with van der Waals surface area (Å²) < 4.78 is 5.33. The predicted molar refractivity (Wildman–Crippen MR) is 110 cm³/mol. The SMILES string of the molecule is Cc1nc(N2CCCC2c2nc(C(N)=O)no2)c2cc(-c3ccccc3)sc2n1. The van der Waals surface area contributed by atoms with Crippen molar-refractivity contribution in [3.05, 3.63) is 53.9 Å². The highest BCUT2D eigenvalue weighted by atomic mass is 32.1. The lowest BCUT2D eigenvalue weighted by Crippen LogP contribution is -2.24. The minimum Gasteiger partial charge on any atom is -0.363 e. The monoisotopic (exact) mass is 406 g/mol. The average Bonchev–Trinajstić information content (AvgIpc) is 3.46. The molecule has 1 amide bonds. The number of hydrogen-bond acceptors (Lipinski definition) is 8. The van der Waals surface area contributed by atoms with Gasteiger partial charge in [0, 0.05) is 11.4 Å². The summed E-state index contributed by atoms with van der Waals surface area (Å²) in [5.41, 5.74) is 6.42. The van der Waals surface area contributed by atoms with Crippen LogP contribution >= 0.6 is 11.3 Å².